The molecule has 0 saturated carbocycles. The van der Waals surface area contributed by atoms with Crippen molar-refractivity contribution in [2.75, 3.05) is 5.32 Å². The molecule has 0 aliphatic carbocycles. The molecule has 2 aromatic carbocycles. The van der Waals surface area contributed by atoms with Gasteiger partial charge < -0.3 is 5.32 Å². The van der Waals surface area contributed by atoms with Gasteiger partial charge in [-0.3, -0.25) is 4.79 Å². The number of ketones is 1. The lowest BCUT2D eigenvalue weighted by atomic mass is 10.1. The maximum atomic E-state index is 11.3. The van der Waals surface area contributed by atoms with Crippen molar-refractivity contribution in [3.8, 4) is 0 Å². The number of benzene rings is 2. The van der Waals surface area contributed by atoms with Crippen molar-refractivity contribution >= 4 is 40.4 Å². The second kappa shape index (κ2) is 6.09. The van der Waals surface area contributed by atoms with Crippen LogP contribution in [0.3, 0.4) is 0 Å². The van der Waals surface area contributed by atoms with Crippen molar-refractivity contribution in [3.63, 3.8) is 0 Å². The zero-order valence-electron chi connectivity index (χ0n) is 10.4. The minimum Gasteiger partial charge on any atom is -0.354 e. The summed E-state index contributed by atoms with van der Waals surface area (Å²) in [6.07, 6.45) is 0.365. The molecule has 2 aromatic rings. The van der Waals surface area contributed by atoms with Crippen LogP contribution in [-0.2, 0) is 11.2 Å². The lowest BCUT2D eigenvalue weighted by Crippen LogP contribution is -2.01. The highest BCUT2D eigenvalue weighted by Crippen LogP contribution is 2.29. The molecule has 0 saturated heterocycles. The van der Waals surface area contributed by atoms with Crippen molar-refractivity contribution in [2.45, 2.75) is 13.3 Å². The topological polar surface area (TPSA) is 29.1 Å². The third kappa shape index (κ3) is 3.72. The van der Waals surface area contributed by atoms with Crippen LogP contribution in [0.1, 0.15) is 12.5 Å². The van der Waals surface area contributed by atoms with Crippen molar-refractivity contribution in [1.82, 2.24) is 0 Å². The molecule has 0 bridgehead atoms. The molecule has 0 amide bonds. The van der Waals surface area contributed by atoms with E-state index in [1.807, 2.05) is 24.3 Å². The smallest absolute Gasteiger partial charge is 0.134 e. The lowest BCUT2D eigenvalue weighted by Gasteiger charge is -2.13. The van der Waals surface area contributed by atoms with Gasteiger partial charge in [-0.2, -0.15) is 0 Å². The Morgan fingerprint density at radius 1 is 1.11 bits per heavy atom. The van der Waals surface area contributed by atoms with Gasteiger partial charge >= 0.3 is 0 Å². The molecule has 98 valence electrons. The normalized spacial score (nSPS) is 10.3. The standard InChI is InChI=1S/C15H13Cl2NO/c1-10(19)8-11-6-7-12(16)9-15(11)18-14-5-3-2-4-13(14)17/h2-7,9,18H,8H2,1H3. The second-order valence-corrected chi connectivity index (χ2v) is 5.13. The van der Waals surface area contributed by atoms with E-state index >= 15 is 0 Å². The third-order valence-corrected chi connectivity index (χ3v) is 3.22. The second-order valence-electron chi connectivity index (χ2n) is 4.29. The van der Waals surface area contributed by atoms with Gasteiger partial charge in [0, 0.05) is 17.1 Å². The molecule has 0 heterocycles. The van der Waals surface area contributed by atoms with E-state index in [2.05, 4.69) is 5.32 Å². The van der Waals surface area contributed by atoms with E-state index in [9.17, 15) is 4.79 Å². The van der Waals surface area contributed by atoms with Crippen LogP contribution in [0.25, 0.3) is 0 Å². The summed E-state index contributed by atoms with van der Waals surface area (Å²) in [6, 6.07) is 12.9. The van der Waals surface area contributed by atoms with E-state index in [0.29, 0.717) is 16.5 Å². The first-order chi connectivity index (χ1) is 9.06. The summed E-state index contributed by atoms with van der Waals surface area (Å²) in [4.78, 5) is 11.3. The van der Waals surface area contributed by atoms with Gasteiger partial charge in [0.05, 0.1) is 10.7 Å². The Morgan fingerprint density at radius 3 is 2.53 bits per heavy atom. The summed E-state index contributed by atoms with van der Waals surface area (Å²) in [5.41, 5.74) is 2.49. The Bertz CT molecular complexity index is 611. The number of nitrogens with one attached hydrogen (secondary N) is 1. The molecule has 0 spiro atoms. The number of rotatable bonds is 4. The van der Waals surface area contributed by atoms with Gasteiger partial charge in [-0.05, 0) is 36.8 Å². The minimum absolute atomic E-state index is 0.101. The quantitative estimate of drug-likeness (QED) is 0.871. The molecule has 0 fully saturated rings. The van der Waals surface area contributed by atoms with Gasteiger partial charge in [0.25, 0.3) is 0 Å². The first kappa shape index (κ1) is 13.9. The minimum atomic E-state index is 0.101. The predicted molar refractivity (Wildman–Crippen MR) is 80.6 cm³/mol. The summed E-state index contributed by atoms with van der Waals surface area (Å²) in [5.74, 6) is 0.101. The van der Waals surface area contributed by atoms with Gasteiger partial charge in [-0.1, -0.05) is 41.4 Å². The summed E-state index contributed by atoms with van der Waals surface area (Å²) >= 11 is 12.1. The number of halogens is 2. The largest absolute Gasteiger partial charge is 0.354 e. The lowest BCUT2D eigenvalue weighted by molar-refractivity contribution is -0.116. The van der Waals surface area contributed by atoms with E-state index in [1.165, 1.54) is 0 Å². The highest BCUT2D eigenvalue weighted by atomic mass is 35.5. The molecule has 0 radical (unpaired) electrons. The highest BCUT2D eigenvalue weighted by Gasteiger charge is 2.08. The number of Topliss-reactive ketones (excluding diaryl/α,β-unsaturated/α-hetero) is 1. The van der Waals surface area contributed by atoms with E-state index in [0.717, 1.165) is 16.9 Å². The molecule has 1 N–H and O–H groups in total. The summed E-state index contributed by atoms with van der Waals surface area (Å²) in [5, 5.41) is 4.45. The highest BCUT2D eigenvalue weighted by molar-refractivity contribution is 6.33. The summed E-state index contributed by atoms with van der Waals surface area (Å²) < 4.78 is 0. The average Bonchev–Trinajstić information content (AvgIpc) is 2.35. The van der Waals surface area contributed by atoms with Gasteiger partial charge in [0.2, 0.25) is 0 Å². The maximum Gasteiger partial charge on any atom is 0.134 e. The Hall–Kier alpha value is -1.51. The van der Waals surface area contributed by atoms with Crippen LogP contribution in [0.15, 0.2) is 42.5 Å². The fourth-order valence-electron chi connectivity index (χ4n) is 1.80. The molecule has 4 heteroatoms. The first-order valence-electron chi connectivity index (χ1n) is 5.85. The van der Waals surface area contributed by atoms with Crippen LogP contribution in [0.4, 0.5) is 11.4 Å². The van der Waals surface area contributed by atoms with Crippen molar-refractivity contribution in [2.24, 2.45) is 0 Å². The Kier molecular flexibility index (Phi) is 4.46. The van der Waals surface area contributed by atoms with Crippen LogP contribution in [0.2, 0.25) is 10.0 Å². The number of carbonyl (C=O) groups is 1. The zero-order chi connectivity index (χ0) is 13.8. The fraction of sp³-hybridized carbons (Fsp3) is 0.133. The van der Waals surface area contributed by atoms with Crippen LogP contribution < -0.4 is 5.32 Å². The van der Waals surface area contributed by atoms with Gasteiger partial charge in [-0.15, -0.1) is 0 Å². The van der Waals surface area contributed by atoms with Crippen molar-refractivity contribution in [3.05, 3.63) is 58.1 Å². The number of hydrogen-bond acceptors (Lipinski definition) is 2. The molecule has 2 nitrogen and oxygen atoms in total. The first-order valence-corrected chi connectivity index (χ1v) is 6.61. The molecule has 2 rings (SSSR count). The van der Waals surface area contributed by atoms with Crippen molar-refractivity contribution < 1.29 is 4.79 Å². The molecular formula is C15H13Cl2NO. The number of para-hydroxylation sites is 1. The zero-order valence-corrected chi connectivity index (χ0v) is 11.9. The molecule has 0 aliphatic rings. The number of hydrogen-bond donors (Lipinski definition) is 1. The summed E-state index contributed by atoms with van der Waals surface area (Å²) in [7, 11) is 0. The third-order valence-electron chi connectivity index (χ3n) is 2.65. The fourth-order valence-corrected chi connectivity index (χ4v) is 2.15. The van der Waals surface area contributed by atoms with Crippen LogP contribution in [-0.4, -0.2) is 5.78 Å². The maximum absolute atomic E-state index is 11.3. The predicted octanol–water partition coefficient (Wildman–Crippen LogP) is 4.87. The molecule has 0 aliphatic heterocycles. The van der Waals surface area contributed by atoms with Gasteiger partial charge in [0.1, 0.15) is 5.78 Å². The van der Waals surface area contributed by atoms with E-state index in [-0.39, 0.29) is 5.78 Å². The van der Waals surface area contributed by atoms with Crippen molar-refractivity contribution in [1.29, 1.82) is 0 Å². The molecule has 0 atom stereocenters. The van der Waals surface area contributed by atoms with Crippen LogP contribution in [0.5, 0.6) is 0 Å². The SMILES string of the molecule is CC(=O)Cc1ccc(Cl)cc1Nc1ccccc1Cl. The molecule has 0 aromatic heterocycles. The van der Waals surface area contributed by atoms with Gasteiger partial charge in [0.15, 0.2) is 0 Å². The van der Waals surface area contributed by atoms with Crippen LogP contribution in [0, 0.1) is 0 Å². The van der Waals surface area contributed by atoms with Crippen LogP contribution >= 0.6 is 23.2 Å². The average molecular weight is 294 g/mol. The Labute approximate surface area is 122 Å². The molecule has 0 unspecified atom stereocenters. The Balaban J connectivity index is 2.35. The van der Waals surface area contributed by atoms with E-state index in [4.69, 9.17) is 23.2 Å². The van der Waals surface area contributed by atoms with Gasteiger partial charge in [-0.25, -0.2) is 0 Å². The number of carbonyl (C=O) groups excluding carboxylic acids is 1. The van der Waals surface area contributed by atoms with E-state index < -0.39 is 0 Å². The molecular weight excluding hydrogens is 281 g/mol. The monoisotopic (exact) mass is 293 g/mol. The number of anilines is 2. The van der Waals surface area contributed by atoms with E-state index in [1.54, 1.807) is 25.1 Å². The molecule has 19 heavy (non-hydrogen) atoms. The Morgan fingerprint density at radius 2 is 1.84 bits per heavy atom. The summed E-state index contributed by atoms with van der Waals surface area (Å²) in [6.45, 7) is 1.56.